The van der Waals surface area contributed by atoms with Crippen molar-refractivity contribution in [3.8, 4) is 5.75 Å². The summed E-state index contributed by atoms with van der Waals surface area (Å²) in [5.74, 6) is -0.322. The van der Waals surface area contributed by atoms with Crippen LogP contribution >= 0.6 is 0 Å². The van der Waals surface area contributed by atoms with E-state index >= 15 is 0 Å². The summed E-state index contributed by atoms with van der Waals surface area (Å²) >= 11 is 0. The number of ether oxygens (including phenoxy) is 1. The molecule has 3 rings (SSSR count). The molecule has 6 heteroatoms. The summed E-state index contributed by atoms with van der Waals surface area (Å²) < 4.78 is 5.16. The summed E-state index contributed by atoms with van der Waals surface area (Å²) in [5.41, 5.74) is 3.60. The molecule has 2 amide bonds. The van der Waals surface area contributed by atoms with E-state index in [1.807, 2.05) is 25.1 Å². The average molecular weight is 444 g/mol. The Balaban J connectivity index is 1.89. The second-order valence-electron chi connectivity index (χ2n) is 7.44. The zero-order chi connectivity index (χ0) is 23.8. The molecule has 0 aliphatic heterocycles. The van der Waals surface area contributed by atoms with Crippen molar-refractivity contribution in [2.45, 2.75) is 20.8 Å². The highest BCUT2D eigenvalue weighted by molar-refractivity contribution is 6.41. The maximum absolute atomic E-state index is 13.2. The first-order valence-corrected chi connectivity index (χ1v) is 11.0. The molecular weight excluding hydrogens is 414 g/mol. The van der Waals surface area contributed by atoms with E-state index in [4.69, 9.17) is 4.74 Å². The van der Waals surface area contributed by atoms with Crippen molar-refractivity contribution in [2.24, 2.45) is 4.99 Å². The van der Waals surface area contributed by atoms with Gasteiger partial charge in [-0.2, -0.15) is 0 Å². The van der Waals surface area contributed by atoms with Crippen molar-refractivity contribution in [2.75, 3.05) is 30.0 Å². The van der Waals surface area contributed by atoms with Crippen LogP contribution in [0.4, 0.5) is 17.1 Å². The van der Waals surface area contributed by atoms with Crippen LogP contribution in [0.25, 0.3) is 0 Å². The van der Waals surface area contributed by atoms with E-state index in [0.29, 0.717) is 22.7 Å². The van der Waals surface area contributed by atoms with Gasteiger partial charge in [0.25, 0.3) is 11.8 Å². The maximum atomic E-state index is 13.2. The second-order valence-corrected chi connectivity index (χ2v) is 7.44. The number of carbonyl (C=O) groups is 2. The number of carbonyl (C=O) groups excluding carboxylic acids is 2. The lowest BCUT2D eigenvalue weighted by Gasteiger charge is -2.21. The molecule has 0 spiro atoms. The van der Waals surface area contributed by atoms with E-state index in [1.54, 1.807) is 55.6 Å². The van der Waals surface area contributed by atoms with E-state index in [9.17, 15) is 9.59 Å². The van der Waals surface area contributed by atoms with Gasteiger partial charge < -0.3 is 9.64 Å². The van der Waals surface area contributed by atoms with Crippen LogP contribution < -0.4 is 14.5 Å². The number of hydrogen-bond acceptors (Lipinski definition) is 5. The molecular formula is C27H29N3O3. The van der Waals surface area contributed by atoms with Gasteiger partial charge in [0.15, 0.2) is 0 Å². The van der Waals surface area contributed by atoms with E-state index < -0.39 is 11.8 Å². The summed E-state index contributed by atoms with van der Waals surface area (Å²) in [6.07, 6.45) is 1.20. The molecule has 0 aromatic heterocycles. The monoisotopic (exact) mass is 443 g/mol. The Kier molecular flexibility index (Phi) is 7.97. The number of aryl methyl sites for hydroxylation is 1. The van der Waals surface area contributed by atoms with Gasteiger partial charge in [-0.15, -0.1) is 0 Å². The molecule has 0 atom stereocenters. The zero-order valence-corrected chi connectivity index (χ0v) is 19.5. The Morgan fingerprint density at radius 1 is 0.909 bits per heavy atom. The lowest BCUT2D eigenvalue weighted by Crippen LogP contribution is -2.37. The van der Waals surface area contributed by atoms with Crippen molar-refractivity contribution < 1.29 is 14.3 Å². The highest BCUT2D eigenvalue weighted by Crippen LogP contribution is 2.25. The zero-order valence-electron chi connectivity index (χ0n) is 19.5. The third kappa shape index (κ3) is 5.66. The molecule has 170 valence electrons. The Labute approximate surface area is 195 Å². The normalized spacial score (nSPS) is 10.8. The Hall–Kier alpha value is -3.93. The molecule has 0 heterocycles. The molecule has 3 aromatic rings. The van der Waals surface area contributed by atoms with Crippen LogP contribution in [0.5, 0.6) is 5.75 Å². The van der Waals surface area contributed by atoms with Crippen molar-refractivity contribution in [1.82, 2.24) is 0 Å². The molecule has 33 heavy (non-hydrogen) atoms. The third-order valence-corrected chi connectivity index (χ3v) is 5.40. The van der Waals surface area contributed by atoms with E-state index in [0.717, 1.165) is 29.2 Å². The van der Waals surface area contributed by atoms with Crippen LogP contribution in [0.1, 0.15) is 29.8 Å². The largest absolute Gasteiger partial charge is 0.497 e. The molecule has 0 aliphatic rings. The Bertz CT molecular complexity index is 1120. The fourth-order valence-corrected chi connectivity index (χ4v) is 3.54. The minimum Gasteiger partial charge on any atom is -0.497 e. The van der Waals surface area contributed by atoms with Gasteiger partial charge in [-0.25, -0.2) is 4.90 Å². The van der Waals surface area contributed by atoms with Gasteiger partial charge in [-0.3, -0.25) is 14.6 Å². The molecule has 0 saturated heterocycles. The van der Waals surface area contributed by atoms with E-state index in [2.05, 4.69) is 29.8 Å². The average Bonchev–Trinajstić information content (AvgIpc) is 2.85. The number of anilines is 2. The van der Waals surface area contributed by atoms with Gasteiger partial charge in [-0.1, -0.05) is 18.2 Å². The number of imide groups is 1. The number of rotatable bonds is 8. The number of methoxy groups -OCH3 is 1. The molecule has 0 fully saturated rings. The number of hydrogen-bond donors (Lipinski definition) is 0. The van der Waals surface area contributed by atoms with Crippen LogP contribution in [0.3, 0.4) is 0 Å². The van der Waals surface area contributed by atoms with Gasteiger partial charge in [0.05, 0.1) is 24.7 Å². The van der Waals surface area contributed by atoms with Gasteiger partial charge in [0.2, 0.25) is 0 Å². The fourth-order valence-electron chi connectivity index (χ4n) is 3.54. The summed E-state index contributed by atoms with van der Waals surface area (Å²) in [6.45, 7) is 8.01. The summed E-state index contributed by atoms with van der Waals surface area (Å²) in [6, 6.07) is 21.4. The first kappa shape index (κ1) is 23.7. The van der Waals surface area contributed by atoms with Crippen LogP contribution in [0.15, 0.2) is 77.8 Å². The van der Waals surface area contributed by atoms with Crippen molar-refractivity contribution in [3.63, 3.8) is 0 Å². The van der Waals surface area contributed by atoms with Crippen molar-refractivity contribution >= 4 is 35.1 Å². The van der Waals surface area contributed by atoms with E-state index in [1.165, 1.54) is 6.21 Å². The standard InChI is InChI=1S/C27H29N3O3/c1-5-29(6-2)23-14-17-25(20(3)18-23)28-19-26(31)30(22-10-8-7-9-11-22)27(32)21-12-15-24(33-4)16-13-21/h7-19H,5-6H2,1-4H3. The molecule has 0 saturated carbocycles. The summed E-state index contributed by atoms with van der Waals surface area (Å²) in [7, 11) is 1.56. The first-order valence-electron chi connectivity index (χ1n) is 11.0. The van der Waals surface area contributed by atoms with Crippen molar-refractivity contribution in [3.05, 3.63) is 83.9 Å². The highest BCUT2D eigenvalue weighted by Gasteiger charge is 2.23. The number of amides is 2. The SMILES string of the molecule is CCN(CC)c1ccc(N=CC(=O)N(C(=O)c2ccc(OC)cc2)c2ccccc2)c(C)c1. The molecule has 0 bridgehead atoms. The Morgan fingerprint density at radius 3 is 2.15 bits per heavy atom. The molecule has 0 N–H and O–H groups in total. The number of aliphatic imine (C=N–C) groups is 1. The van der Waals surface area contributed by atoms with Crippen LogP contribution in [-0.2, 0) is 4.79 Å². The smallest absolute Gasteiger partial charge is 0.276 e. The Morgan fingerprint density at radius 2 is 1.58 bits per heavy atom. The number of nitrogens with zero attached hydrogens (tertiary/aromatic N) is 3. The predicted octanol–water partition coefficient (Wildman–Crippen LogP) is 5.43. The molecule has 0 aliphatic carbocycles. The quantitative estimate of drug-likeness (QED) is 0.436. The van der Waals surface area contributed by atoms with Gasteiger partial charge in [0.1, 0.15) is 5.75 Å². The fraction of sp³-hybridized carbons (Fsp3) is 0.222. The highest BCUT2D eigenvalue weighted by atomic mass is 16.5. The van der Waals surface area contributed by atoms with Crippen LogP contribution in [0.2, 0.25) is 0 Å². The number of para-hydroxylation sites is 1. The summed E-state index contributed by atoms with van der Waals surface area (Å²) in [5, 5.41) is 0. The minimum absolute atomic E-state index is 0.376. The molecule has 3 aromatic carbocycles. The third-order valence-electron chi connectivity index (χ3n) is 5.40. The lowest BCUT2D eigenvalue weighted by atomic mass is 10.1. The van der Waals surface area contributed by atoms with Crippen molar-refractivity contribution in [1.29, 1.82) is 0 Å². The molecule has 6 nitrogen and oxygen atoms in total. The summed E-state index contributed by atoms with van der Waals surface area (Å²) in [4.78, 5) is 34.2. The number of benzene rings is 3. The van der Waals surface area contributed by atoms with Crippen LogP contribution in [0, 0.1) is 6.92 Å². The topological polar surface area (TPSA) is 62.2 Å². The van der Waals surface area contributed by atoms with Gasteiger partial charge in [-0.05, 0) is 80.9 Å². The molecule has 0 unspecified atom stereocenters. The minimum atomic E-state index is -0.519. The van der Waals surface area contributed by atoms with Crippen LogP contribution in [-0.4, -0.2) is 38.2 Å². The predicted molar refractivity (Wildman–Crippen MR) is 134 cm³/mol. The lowest BCUT2D eigenvalue weighted by molar-refractivity contribution is -0.111. The first-order chi connectivity index (χ1) is 16.0. The van der Waals surface area contributed by atoms with E-state index in [-0.39, 0.29) is 0 Å². The molecule has 0 radical (unpaired) electrons. The second kappa shape index (κ2) is 11.1. The van der Waals surface area contributed by atoms with Gasteiger partial charge >= 0.3 is 0 Å². The maximum Gasteiger partial charge on any atom is 0.276 e. The van der Waals surface area contributed by atoms with Gasteiger partial charge in [0, 0.05) is 24.3 Å².